The van der Waals surface area contributed by atoms with Crippen LogP contribution in [0.4, 0.5) is 0 Å². The highest BCUT2D eigenvalue weighted by Gasteiger charge is 2.33. The molecule has 5 rings (SSSR count). The second-order valence-electron chi connectivity index (χ2n) is 9.16. The molecular weight excluding hydrogens is 444 g/mol. The summed E-state index contributed by atoms with van der Waals surface area (Å²) in [6.07, 6.45) is 2.26. The summed E-state index contributed by atoms with van der Waals surface area (Å²) in [6.45, 7) is 6.13. The molecule has 2 aliphatic rings. The van der Waals surface area contributed by atoms with Crippen molar-refractivity contribution in [2.24, 2.45) is 0 Å². The van der Waals surface area contributed by atoms with Crippen LogP contribution in [0.3, 0.4) is 0 Å². The van der Waals surface area contributed by atoms with Crippen molar-refractivity contribution >= 4 is 0 Å². The number of tetrazole rings is 1. The largest absolute Gasteiger partial charge is 0.497 e. The average molecular weight is 479 g/mol. The van der Waals surface area contributed by atoms with Crippen LogP contribution in [0, 0.1) is 0 Å². The summed E-state index contributed by atoms with van der Waals surface area (Å²) in [7, 11) is 3.39. The van der Waals surface area contributed by atoms with Crippen LogP contribution in [0.1, 0.15) is 35.8 Å². The Hall–Kier alpha value is -3.01. The van der Waals surface area contributed by atoms with E-state index < -0.39 is 0 Å². The van der Waals surface area contributed by atoms with Gasteiger partial charge in [-0.15, -0.1) is 5.10 Å². The molecule has 0 saturated carbocycles. The predicted molar refractivity (Wildman–Crippen MR) is 131 cm³/mol. The summed E-state index contributed by atoms with van der Waals surface area (Å²) in [5.41, 5.74) is 2.35. The lowest BCUT2D eigenvalue weighted by Gasteiger charge is -2.39. The normalized spacial score (nSPS) is 20.1. The standard InChI is InChI=1S/C26H34N6O3/c1-33-21-10-11-24(34-2)23(17-21)25(26-27-28-29-32(26)19-22-9-6-16-35-22)31-14-12-30(13-15-31)18-20-7-4-3-5-8-20/h3-5,7-8,10-11,17,22,25H,6,9,12-16,18-19H2,1-2H3. The number of methoxy groups -OCH3 is 2. The predicted octanol–water partition coefficient (Wildman–Crippen LogP) is 2.78. The molecule has 0 bridgehead atoms. The fourth-order valence-corrected chi connectivity index (χ4v) is 5.09. The van der Waals surface area contributed by atoms with E-state index in [1.54, 1.807) is 14.2 Å². The Bertz CT molecular complexity index is 1080. The molecule has 9 heteroatoms. The highest BCUT2D eigenvalue weighted by molar-refractivity contribution is 5.44. The maximum Gasteiger partial charge on any atom is 0.173 e. The summed E-state index contributed by atoms with van der Waals surface area (Å²) in [4.78, 5) is 4.96. The lowest BCUT2D eigenvalue weighted by atomic mass is 10.0. The van der Waals surface area contributed by atoms with E-state index in [1.807, 2.05) is 22.9 Å². The molecule has 2 atom stereocenters. The number of nitrogens with zero attached hydrogens (tertiary/aromatic N) is 6. The Morgan fingerprint density at radius 2 is 1.86 bits per heavy atom. The maximum absolute atomic E-state index is 5.88. The average Bonchev–Trinajstić information content (AvgIpc) is 3.59. The van der Waals surface area contributed by atoms with E-state index in [0.29, 0.717) is 6.54 Å². The minimum Gasteiger partial charge on any atom is -0.497 e. The molecule has 2 unspecified atom stereocenters. The number of benzene rings is 2. The van der Waals surface area contributed by atoms with Gasteiger partial charge in [0.15, 0.2) is 5.82 Å². The molecule has 2 fully saturated rings. The number of ether oxygens (including phenoxy) is 3. The second-order valence-corrected chi connectivity index (χ2v) is 9.16. The van der Waals surface area contributed by atoms with Gasteiger partial charge < -0.3 is 14.2 Å². The van der Waals surface area contributed by atoms with Crippen LogP contribution < -0.4 is 9.47 Å². The molecule has 0 spiro atoms. The number of aromatic nitrogens is 4. The van der Waals surface area contributed by atoms with Crippen molar-refractivity contribution in [3.63, 3.8) is 0 Å². The Labute approximate surface area is 206 Å². The van der Waals surface area contributed by atoms with E-state index in [4.69, 9.17) is 14.2 Å². The molecular formula is C26H34N6O3. The van der Waals surface area contributed by atoms with Crippen LogP contribution in [0.15, 0.2) is 48.5 Å². The number of rotatable bonds is 9. The van der Waals surface area contributed by atoms with Crippen LogP contribution in [-0.4, -0.2) is 83.1 Å². The van der Waals surface area contributed by atoms with E-state index in [0.717, 1.165) is 75.1 Å². The van der Waals surface area contributed by atoms with Crippen LogP contribution >= 0.6 is 0 Å². The van der Waals surface area contributed by atoms with E-state index in [-0.39, 0.29) is 12.1 Å². The smallest absolute Gasteiger partial charge is 0.173 e. The van der Waals surface area contributed by atoms with Crippen molar-refractivity contribution in [2.45, 2.75) is 38.1 Å². The van der Waals surface area contributed by atoms with E-state index in [2.05, 4.69) is 55.7 Å². The van der Waals surface area contributed by atoms with Crippen molar-refractivity contribution in [3.05, 3.63) is 65.5 Å². The first-order valence-corrected chi connectivity index (χ1v) is 12.3. The van der Waals surface area contributed by atoms with Gasteiger partial charge in [0.2, 0.25) is 0 Å². The molecule has 0 amide bonds. The Morgan fingerprint density at radius 1 is 1.03 bits per heavy atom. The molecule has 0 aliphatic carbocycles. The molecule has 35 heavy (non-hydrogen) atoms. The number of hydrogen-bond acceptors (Lipinski definition) is 8. The minimum atomic E-state index is -0.157. The first-order valence-electron chi connectivity index (χ1n) is 12.3. The fraction of sp³-hybridized carbons (Fsp3) is 0.500. The van der Waals surface area contributed by atoms with Gasteiger partial charge in [-0.05, 0) is 47.0 Å². The molecule has 0 radical (unpaired) electrons. The quantitative estimate of drug-likeness (QED) is 0.465. The lowest BCUT2D eigenvalue weighted by Crippen LogP contribution is -2.48. The zero-order valence-corrected chi connectivity index (χ0v) is 20.5. The van der Waals surface area contributed by atoms with E-state index in [1.165, 1.54) is 5.56 Å². The van der Waals surface area contributed by atoms with E-state index in [9.17, 15) is 0 Å². The minimum absolute atomic E-state index is 0.146. The molecule has 2 aromatic carbocycles. The third-order valence-electron chi connectivity index (χ3n) is 6.96. The Morgan fingerprint density at radius 3 is 2.57 bits per heavy atom. The molecule has 0 N–H and O–H groups in total. The summed E-state index contributed by atoms with van der Waals surface area (Å²) < 4.78 is 19.2. The first kappa shape index (κ1) is 23.7. The SMILES string of the molecule is COc1ccc(OC)c(C(c2nnnn2CC2CCCO2)N2CCN(Cc3ccccc3)CC2)c1. The molecule has 186 valence electrons. The highest BCUT2D eigenvalue weighted by atomic mass is 16.5. The summed E-state index contributed by atoms with van der Waals surface area (Å²) >= 11 is 0. The zero-order valence-electron chi connectivity index (χ0n) is 20.5. The molecule has 3 aromatic rings. The van der Waals surface area contributed by atoms with Gasteiger partial charge in [0.05, 0.1) is 26.9 Å². The first-order chi connectivity index (χ1) is 17.2. The van der Waals surface area contributed by atoms with Crippen LogP contribution in [-0.2, 0) is 17.8 Å². The summed E-state index contributed by atoms with van der Waals surface area (Å²) in [5.74, 6) is 2.39. The van der Waals surface area contributed by atoms with Crippen LogP contribution in [0.5, 0.6) is 11.5 Å². The van der Waals surface area contributed by atoms with Gasteiger partial charge in [0.25, 0.3) is 0 Å². The molecule has 1 aromatic heterocycles. The number of piperazine rings is 1. The van der Waals surface area contributed by atoms with Gasteiger partial charge in [-0.25, -0.2) is 4.68 Å². The zero-order chi connectivity index (χ0) is 24.0. The monoisotopic (exact) mass is 478 g/mol. The molecule has 2 saturated heterocycles. The van der Waals surface area contributed by atoms with Crippen molar-refractivity contribution in [1.82, 2.24) is 30.0 Å². The molecule has 3 heterocycles. The van der Waals surface area contributed by atoms with Gasteiger partial charge in [-0.3, -0.25) is 9.80 Å². The van der Waals surface area contributed by atoms with Crippen molar-refractivity contribution < 1.29 is 14.2 Å². The van der Waals surface area contributed by atoms with E-state index >= 15 is 0 Å². The van der Waals surface area contributed by atoms with Gasteiger partial charge in [0.1, 0.15) is 17.5 Å². The van der Waals surface area contributed by atoms with Crippen molar-refractivity contribution in [1.29, 1.82) is 0 Å². The second kappa shape index (κ2) is 11.2. The highest BCUT2D eigenvalue weighted by Crippen LogP contribution is 2.37. The van der Waals surface area contributed by atoms with Crippen molar-refractivity contribution in [2.75, 3.05) is 47.0 Å². The summed E-state index contributed by atoms with van der Waals surface area (Å²) in [5, 5.41) is 13.0. The summed E-state index contributed by atoms with van der Waals surface area (Å²) in [6, 6.07) is 16.4. The van der Waals surface area contributed by atoms with Crippen molar-refractivity contribution in [3.8, 4) is 11.5 Å². The Balaban J connectivity index is 1.42. The fourth-order valence-electron chi connectivity index (χ4n) is 5.09. The van der Waals surface area contributed by atoms with Crippen LogP contribution in [0.2, 0.25) is 0 Å². The molecule has 9 nitrogen and oxygen atoms in total. The van der Waals surface area contributed by atoms with Gasteiger partial charge in [0, 0.05) is 44.9 Å². The van der Waals surface area contributed by atoms with Gasteiger partial charge >= 0.3 is 0 Å². The topological polar surface area (TPSA) is 77.8 Å². The maximum atomic E-state index is 5.88. The van der Waals surface area contributed by atoms with Gasteiger partial charge in [-0.1, -0.05) is 30.3 Å². The molecule has 2 aliphatic heterocycles. The third-order valence-corrected chi connectivity index (χ3v) is 6.96. The Kier molecular flexibility index (Phi) is 7.56. The lowest BCUT2D eigenvalue weighted by molar-refractivity contribution is 0.0837. The van der Waals surface area contributed by atoms with Crippen LogP contribution in [0.25, 0.3) is 0 Å². The number of hydrogen-bond donors (Lipinski definition) is 0. The van der Waals surface area contributed by atoms with Gasteiger partial charge in [-0.2, -0.15) is 0 Å². The third kappa shape index (κ3) is 5.47.